The fourth-order valence-corrected chi connectivity index (χ4v) is 1.79. The zero-order valence-electron chi connectivity index (χ0n) is 10.3. The lowest BCUT2D eigenvalue weighted by molar-refractivity contribution is 0.172. The van der Waals surface area contributed by atoms with E-state index in [1.165, 1.54) is 12.8 Å². The minimum absolute atomic E-state index is 0.393. The molecule has 2 heteroatoms. The molecule has 0 aliphatic rings. The molecule has 0 fully saturated rings. The molecule has 0 amide bonds. The van der Waals surface area contributed by atoms with Crippen LogP contribution in [0.4, 0.5) is 0 Å². The molecule has 0 aliphatic heterocycles. The van der Waals surface area contributed by atoms with E-state index in [1.807, 2.05) is 30.3 Å². The molecule has 0 aromatic heterocycles. The average Bonchev–Trinajstić information content (AvgIpc) is 2.35. The zero-order chi connectivity index (χ0) is 11.8. The number of nitrogens with one attached hydrogen (secondary N) is 1. The van der Waals surface area contributed by atoms with Gasteiger partial charge in [0.1, 0.15) is 0 Å². The summed E-state index contributed by atoms with van der Waals surface area (Å²) >= 11 is 0. The second-order valence-corrected chi connectivity index (χ2v) is 4.27. The lowest BCUT2D eigenvalue weighted by Crippen LogP contribution is -2.26. The Morgan fingerprint density at radius 3 is 2.25 bits per heavy atom. The van der Waals surface area contributed by atoms with E-state index in [2.05, 4.69) is 19.2 Å². The Labute approximate surface area is 98.7 Å². The molecule has 0 saturated carbocycles. The Hall–Kier alpha value is -0.860. The summed E-state index contributed by atoms with van der Waals surface area (Å²) in [5.74, 6) is 0.725. The highest BCUT2D eigenvalue weighted by Crippen LogP contribution is 2.11. The van der Waals surface area contributed by atoms with Gasteiger partial charge in [-0.1, -0.05) is 57.0 Å². The monoisotopic (exact) mass is 221 g/mol. The molecular weight excluding hydrogens is 198 g/mol. The molecule has 0 aliphatic carbocycles. The van der Waals surface area contributed by atoms with Crippen LogP contribution in [0.5, 0.6) is 0 Å². The van der Waals surface area contributed by atoms with Crippen molar-refractivity contribution in [3.63, 3.8) is 0 Å². The van der Waals surface area contributed by atoms with E-state index in [0.29, 0.717) is 6.54 Å². The van der Waals surface area contributed by atoms with Crippen LogP contribution in [0, 0.1) is 5.92 Å². The highest BCUT2D eigenvalue weighted by atomic mass is 16.3. The van der Waals surface area contributed by atoms with Crippen molar-refractivity contribution < 1.29 is 5.11 Å². The van der Waals surface area contributed by atoms with Gasteiger partial charge in [0.25, 0.3) is 0 Å². The third kappa shape index (κ3) is 4.33. The van der Waals surface area contributed by atoms with Crippen LogP contribution in [0.1, 0.15) is 38.4 Å². The summed E-state index contributed by atoms with van der Waals surface area (Å²) in [5, 5.41) is 13.3. The Morgan fingerprint density at radius 1 is 1.06 bits per heavy atom. The first-order valence-electron chi connectivity index (χ1n) is 6.21. The van der Waals surface area contributed by atoms with Crippen LogP contribution < -0.4 is 5.32 Å². The largest absolute Gasteiger partial charge is 0.387 e. The van der Waals surface area contributed by atoms with Crippen molar-refractivity contribution in [1.82, 2.24) is 5.32 Å². The Morgan fingerprint density at radius 2 is 1.69 bits per heavy atom. The Kier molecular flexibility index (Phi) is 6.12. The summed E-state index contributed by atoms with van der Waals surface area (Å²) < 4.78 is 0. The molecule has 2 nitrogen and oxygen atoms in total. The van der Waals surface area contributed by atoms with Crippen molar-refractivity contribution in [2.75, 3.05) is 13.1 Å². The molecule has 0 bridgehead atoms. The van der Waals surface area contributed by atoms with Gasteiger partial charge in [0, 0.05) is 6.54 Å². The molecule has 0 heterocycles. The second kappa shape index (κ2) is 7.42. The maximum atomic E-state index is 9.92. The Bertz CT molecular complexity index is 269. The molecule has 1 rings (SSSR count). The van der Waals surface area contributed by atoms with Gasteiger partial charge in [-0.3, -0.25) is 0 Å². The summed E-state index contributed by atoms with van der Waals surface area (Å²) in [7, 11) is 0. The molecule has 90 valence electrons. The van der Waals surface area contributed by atoms with Gasteiger partial charge < -0.3 is 10.4 Å². The summed E-state index contributed by atoms with van der Waals surface area (Å²) in [6.07, 6.45) is 2.01. The summed E-state index contributed by atoms with van der Waals surface area (Å²) in [6, 6.07) is 9.81. The van der Waals surface area contributed by atoms with Gasteiger partial charge in [-0.15, -0.1) is 0 Å². The first-order chi connectivity index (χ1) is 7.77. The SMILES string of the molecule is CCC(CC)CNCC(O)c1ccccc1. The number of aliphatic hydroxyl groups is 1. The molecule has 1 unspecified atom stereocenters. The van der Waals surface area contributed by atoms with Crippen molar-refractivity contribution in [1.29, 1.82) is 0 Å². The lowest BCUT2D eigenvalue weighted by atomic mass is 10.0. The standard InChI is InChI=1S/C14H23NO/c1-3-12(4-2)10-15-11-14(16)13-8-6-5-7-9-13/h5-9,12,14-16H,3-4,10-11H2,1-2H3. The molecule has 16 heavy (non-hydrogen) atoms. The number of hydrogen-bond donors (Lipinski definition) is 2. The predicted molar refractivity (Wildman–Crippen MR) is 68.3 cm³/mol. The minimum atomic E-state index is -0.393. The first-order valence-corrected chi connectivity index (χ1v) is 6.21. The van der Waals surface area contributed by atoms with Crippen molar-refractivity contribution in [2.45, 2.75) is 32.8 Å². The van der Waals surface area contributed by atoms with Crippen LogP contribution >= 0.6 is 0 Å². The van der Waals surface area contributed by atoms with Crippen molar-refractivity contribution in [3.05, 3.63) is 35.9 Å². The van der Waals surface area contributed by atoms with Gasteiger partial charge in [-0.05, 0) is 18.0 Å². The highest BCUT2D eigenvalue weighted by Gasteiger charge is 2.07. The molecule has 1 atom stereocenters. The van der Waals surface area contributed by atoms with Crippen LogP contribution in [0.2, 0.25) is 0 Å². The number of aliphatic hydroxyl groups excluding tert-OH is 1. The van der Waals surface area contributed by atoms with Crippen molar-refractivity contribution in [2.24, 2.45) is 5.92 Å². The third-order valence-electron chi connectivity index (χ3n) is 3.11. The average molecular weight is 221 g/mol. The Balaban J connectivity index is 2.28. The van der Waals surface area contributed by atoms with E-state index in [0.717, 1.165) is 18.0 Å². The van der Waals surface area contributed by atoms with Crippen LogP contribution in [0.25, 0.3) is 0 Å². The predicted octanol–water partition coefficient (Wildman–Crippen LogP) is 2.75. The minimum Gasteiger partial charge on any atom is -0.387 e. The number of hydrogen-bond acceptors (Lipinski definition) is 2. The van der Waals surface area contributed by atoms with Crippen LogP contribution in [-0.2, 0) is 0 Å². The molecule has 2 N–H and O–H groups in total. The third-order valence-corrected chi connectivity index (χ3v) is 3.11. The van der Waals surface area contributed by atoms with E-state index in [1.54, 1.807) is 0 Å². The normalized spacial score (nSPS) is 13.0. The maximum Gasteiger partial charge on any atom is 0.0914 e. The fraction of sp³-hybridized carbons (Fsp3) is 0.571. The van der Waals surface area contributed by atoms with E-state index in [9.17, 15) is 5.11 Å². The first kappa shape index (κ1) is 13.2. The number of rotatable bonds is 7. The molecule has 0 radical (unpaired) electrons. The van der Waals surface area contributed by atoms with Crippen molar-refractivity contribution in [3.8, 4) is 0 Å². The number of benzene rings is 1. The van der Waals surface area contributed by atoms with Crippen LogP contribution in [0.15, 0.2) is 30.3 Å². The van der Waals surface area contributed by atoms with Gasteiger partial charge in [-0.25, -0.2) is 0 Å². The van der Waals surface area contributed by atoms with Crippen LogP contribution in [-0.4, -0.2) is 18.2 Å². The van der Waals surface area contributed by atoms with Gasteiger partial charge in [-0.2, -0.15) is 0 Å². The summed E-state index contributed by atoms with van der Waals surface area (Å²) in [6.45, 7) is 6.06. The molecule has 1 aromatic rings. The molecule has 0 saturated heterocycles. The van der Waals surface area contributed by atoms with Gasteiger partial charge >= 0.3 is 0 Å². The molecule has 0 spiro atoms. The quantitative estimate of drug-likeness (QED) is 0.742. The molecule has 1 aromatic carbocycles. The van der Waals surface area contributed by atoms with Gasteiger partial charge in [0.15, 0.2) is 0 Å². The topological polar surface area (TPSA) is 32.3 Å². The highest BCUT2D eigenvalue weighted by molar-refractivity contribution is 5.17. The smallest absolute Gasteiger partial charge is 0.0914 e. The van der Waals surface area contributed by atoms with Crippen molar-refractivity contribution >= 4 is 0 Å². The second-order valence-electron chi connectivity index (χ2n) is 4.27. The summed E-state index contributed by atoms with van der Waals surface area (Å²) in [5.41, 5.74) is 0.986. The van der Waals surface area contributed by atoms with E-state index in [4.69, 9.17) is 0 Å². The molecular formula is C14H23NO. The van der Waals surface area contributed by atoms with Crippen LogP contribution in [0.3, 0.4) is 0 Å². The summed E-state index contributed by atoms with van der Waals surface area (Å²) in [4.78, 5) is 0. The van der Waals surface area contributed by atoms with Gasteiger partial charge in [0.2, 0.25) is 0 Å². The zero-order valence-corrected chi connectivity index (χ0v) is 10.3. The van der Waals surface area contributed by atoms with Gasteiger partial charge in [0.05, 0.1) is 6.10 Å². The maximum absolute atomic E-state index is 9.92. The van der Waals surface area contributed by atoms with E-state index >= 15 is 0 Å². The van der Waals surface area contributed by atoms with E-state index < -0.39 is 6.10 Å². The lowest BCUT2D eigenvalue weighted by Gasteiger charge is -2.16. The fourth-order valence-electron chi connectivity index (χ4n) is 1.79. The van der Waals surface area contributed by atoms with E-state index in [-0.39, 0.29) is 0 Å².